The summed E-state index contributed by atoms with van der Waals surface area (Å²) in [5, 5.41) is 13.7. The first kappa shape index (κ1) is 25.8. The highest BCUT2D eigenvalue weighted by Crippen LogP contribution is 2.27. The maximum Gasteiger partial charge on any atom is 0.271 e. The highest BCUT2D eigenvalue weighted by molar-refractivity contribution is 7.92. The number of amides is 2. The molecule has 0 aliphatic carbocycles. The number of carbonyl (C=O) groups is 2. The Labute approximate surface area is 193 Å². The molecule has 10 nitrogen and oxygen atoms in total. The molecule has 11 heteroatoms. The molecule has 0 aliphatic rings. The summed E-state index contributed by atoms with van der Waals surface area (Å²) in [6.07, 6.45) is 1.39. The summed E-state index contributed by atoms with van der Waals surface area (Å²) in [4.78, 5) is 37.5. The van der Waals surface area contributed by atoms with E-state index < -0.39 is 39.3 Å². The normalized spacial score (nSPS) is 12.0. The Morgan fingerprint density at radius 3 is 2.33 bits per heavy atom. The van der Waals surface area contributed by atoms with Crippen molar-refractivity contribution in [3.63, 3.8) is 0 Å². The highest BCUT2D eigenvalue weighted by Gasteiger charge is 2.30. The van der Waals surface area contributed by atoms with Gasteiger partial charge in [0.05, 0.1) is 16.9 Å². The second-order valence-corrected chi connectivity index (χ2v) is 9.52. The van der Waals surface area contributed by atoms with Gasteiger partial charge in [0.15, 0.2) is 0 Å². The van der Waals surface area contributed by atoms with E-state index in [0.29, 0.717) is 12.0 Å². The largest absolute Gasteiger partial charge is 0.357 e. The third-order valence-corrected chi connectivity index (χ3v) is 6.38. The number of hydrogen-bond donors (Lipinski definition) is 1. The Morgan fingerprint density at radius 2 is 1.79 bits per heavy atom. The zero-order valence-electron chi connectivity index (χ0n) is 19.0. The zero-order valence-corrected chi connectivity index (χ0v) is 19.8. The van der Waals surface area contributed by atoms with Crippen LogP contribution >= 0.6 is 0 Å². The molecule has 0 fully saturated rings. The molecule has 1 unspecified atom stereocenters. The second kappa shape index (κ2) is 10.9. The van der Waals surface area contributed by atoms with E-state index in [-0.39, 0.29) is 17.9 Å². The van der Waals surface area contributed by atoms with E-state index in [1.165, 1.54) is 24.1 Å². The van der Waals surface area contributed by atoms with Gasteiger partial charge in [0.25, 0.3) is 5.69 Å². The van der Waals surface area contributed by atoms with Crippen molar-refractivity contribution in [2.75, 3.05) is 30.7 Å². The van der Waals surface area contributed by atoms with Gasteiger partial charge in [-0.25, -0.2) is 8.42 Å². The van der Waals surface area contributed by atoms with E-state index >= 15 is 0 Å². The minimum atomic E-state index is -3.97. The van der Waals surface area contributed by atoms with E-state index in [0.717, 1.165) is 22.2 Å². The average Bonchev–Trinajstić information content (AvgIpc) is 2.77. The van der Waals surface area contributed by atoms with E-state index in [1.807, 2.05) is 30.3 Å². The van der Waals surface area contributed by atoms with Crippen molar-refractivity contribution in [1.82, 2.24) is 10.2 Å². The van der Waals surface area contributed by atoms with Crippen molar-refractivity contribution in [2.45, 2.75) is 26.3 Å². The molecular formula is C22H28N4O6S. The summed E-state index contributed by atoms with van der Waals surface area (Å²) in [5.74, 6) is -0.993. The van der Waals surface area contributed by atoms with Crippen LogP contribution in [0.3, 0.4) is 0 Å². The van der Waals surface area contributed by atoms with Crippen molar-refractivity contribution in [1.29, 1.82) is 0 Å². The number of anilines is 1. The van der Waals surface area contributed by atoms with E-state index in [1.54, 1.807) is 13.8 Å². The van der Waals surface area contributed by atoms with Crippen molar-refractivity contribution >= 4 is 33.2 Å². The molecule has 2 aromatic rings. The average molecular weight is 477 g/mol. The molecule has 0 aliphatic heterocycles. The van der Waals surface area contributed by atoms with Crippen LogP contribution in [0.1, 0.15) is 18.1 Å². The number of likely N-dealkylation sites (N-methyl/N-ethyl adjacent to an activating group) is 1. The van der Waals surface area contributed by atoms with Crippen molar-refractivity contribution < 1.29 is 22.9 Å². The molecule has 0 bridgehead atoms. The molecule has 0 spiro atoms. The lowest BCUT2D eigenvalue weighted by atomic mass is 10.1. The minimum Gasteiger partial charge on any atom is -0.357 e. The maximum atomic E-state index is 13.3. The summed E-state index contributed by atoms with van der Waals surface area (Å²) in [7, 11) is -2.52. The standard InChI is InChI=1S/C22H28N4O6S/c1-16-10-11-19(26(29)30)14-20(16)25(33(4,31)32)15-21(27)24(17(2)22(28)23-3)13-12-18-8-6-5-7-9-18/h5-11,14,17H,12-13,15H2,1-4H3,(H,23,28). The van der Waals surface area contributed by atoms with E-state index in [2.05, 4.69) is 5.32 Å². The van der Waals surface area contributed by atoms with Gasteiger partial charge in [-0.1, -0.05) is 36.4 Å². The molecule has 0 heterocycles. The summed E-state index contributed by atoms with van der Waals surface area (Å²) in [6, 6.07) is 12.3. The minimum absolute atomic E-state index is 0.0376. The number of nitrogens with one attached hydrogen (secondary N) is 1. The lowest BCUT2D eigenvalue weighted by molar-refractivity contribution is -0.384. The van der Waals surface area contributed by atoms with Gasteiger partial charge in [-0.15, -0.1) is 0 Å². The fraction of sp³-hybridized carbons (Fsp3) is 0.364. The van der Waals surface area contributed by atoms with Gasteiger partial charge in [0.1, 0.15) is 12.6 Å². The van der Waals surface area contributed by atoms with Gasteiger partial charge >= 0.3 is 0 Å². The number of carbonyl (C=O) groups excluding carboxylic acids is 2. The van der Waals surface area contributed by atoms with Crippen LogP contribution in [0.4, 0.5) is 11.4 Å². The number of nitrogens with zero attached hydrogens (tertiary/aromatic N) is 3. The van der Waals surface area contributed by atoms with Gasteiger partial charge in [0.2, 0.25) is 21.8 Å². The number of aryl methyl sites for hydroxylation is 1. The van der Waals surface area contributed by atoms with Crippen LogP contribution in [0.25, 0.3) is 0 Å². The van der Waals surface area contributed by atoms with Crippen molar-refractivity contribution in [2.24, 2.45) is 0 Å². The molecule has 0 saturated heterocycles. The lowest BCUT2D eigenvalue weighted by Crippen LogP contribution is -2.51. The number of benzene rings is 2. The van der Waals surface area contributed by atoms with Gasteiger partial charge in [-0.05, 0) is 31.4 Å². The molecule has 0 saturated carbocycles. The molecule has 1 N–H and O–H groups in total. The van der Waals surface area contributed by atoms with Crippen molar-refractivity contribution in [3.8, 4) is 0 Å². The Hall–Kier alpha value is -3.47. The molecule has 178 valence electrons. The summed E-state index contributed by atoms with van der Waals surface area (Å²) >= 11 is 0. The molecule has 1 atom stereocenters. The van der Waals surface area contributed by atoms with Crippen LogP contribution in [0.2, 0.25) is 0 Å². The maximum absolute atomic E-state index is 13.3. The van der Waals surface area contributed by atoms with Crippen LogP contribution in [0.5, 0.6) is 0 Å². The molecule has 2 rings (SSSR count). The monoisotopic (exact) mass is 476 g/mol. The molecular weight excluding hydrogens is 448 g/mol. The third kappa shape index (κ3) is 6.75. The Balaban J connectivity index is 2.39. The lowest BCUT2D eigenvalue weighted by Gasteiger charge is -2.31. The predicted octanol–water partition coefficient (Wildman–Crippen LogP) is 1.88. The Morgan fingerprint density at radius 1 is 1.15 bits per heavy atom. The van der Waals surface area contributed by atoms with Crippen molar-refractivity contribution in [3.05, 3.63) is 69.8 Å². The number of nitro benzene ring substituents is 1. The third-order valence-electron chi connectivity index (χ3n) is 5.25. The topological polar surface area (TPSA) is 130 Å². The van der Waals surface area contributed by atoms with Gasteiger partial charge in [-0.2, -0.15) is 0 Å². The van der Waals surface area contributed by atoms with Crippen LogP contribution in [0.15, 0.2) is 48.5 Å². The van der Waals surface area contributed by atoms with Gasteiger partial charge in [0, 0.05) is 25.7 Å². The molecule has 0 aromatic heterocycles. The van der Waals surface area contributed by atoms with Crippen LogP contribution in [-0.2, 0) is 26.0 Å². The van der Waals surface area contributed by atoms with E-state index in [4.69, 9.17) is 0 Å². The first-order chi connectivity index (χ1) is 15.5. The smallest absolute Gasteiger partial charge is 0.271 e. The number of non-ortho nitro benzene ring substituents is 1. The number of hydrogen-bond acceptors (Lipinski definition) is 6. The number of nitro groups is 1. The molecule has 2 amide bonds. The summed E-state index contributed by atoms with van der Waals surface area (Å²) in [5.41, 5.74) is 1.15. The molecule has 0 radical (unpaired) electrons. The fourth-order valence-electron chi connectivity index (χ4n) is 3.35. The quantitative estimate of drug-likeness (QED) is 0.412. The van der Waals surface area contributed by atoms with Crippen LogP contribution < -0.4 is 9.62 Å². The summed E-state index contributed by atoms with van der Waals surface area (Å²) in [6.45, 7) is 2.74. The van der Waals surface area contributed by atoms with Crippen LogP contribution in [0, 0.1) is 17.0 Å². The van der Waals surface area contributed by atoms with Crippen LogP contribution in [-0.4, -0.2) is 62.5 Å². The first-order valence-electron chi connectivity index (χ1n) is 10.2. The first-order valence-corrected chi connectivity index (χ1v) is 12.1. The summed E-state index contributed by atoms with van der Waals surface area (Å²) < 4.78 is 26.0. The highest BCUT2D eigenvalue weighted by atomic mass is 32.2. The Kier molecular flexibility index (Phi) is 8.52. The number of sulfonamides is 1. The molecule has 2 aromatic carbocycles. The number of rotatable bonds is 10. The SMILES string of the molecule is CNC(=O)C(C)N(CCc1ccccc1)C(=O)CN(c1cc([N+](=O)[O-])ccc1C)S(C)(=O)=O. The second-order valence-electron chi connectivity index (χ2n) is 7.61. The Bertz CT molecular complexity index is 1120. The zero-order chi connectivity index (χ0) is 24.8. The predicted molar refractivity (Wildman–Crippen MR) is 125 cm³/mol. The fourth-order valence-corrected chi connectivity index (χ4v) is 4.25. The van der Waals surface area contributed by atoms with Gasteiger partial charge < -0.3 is 10.2 Å². The van der Waals surface area contributed by atoms with E-state index in [9.17, 15) is 28.1 Å². The molecule has 33 heavy (non-hydrogen) atoms. The van der Waals surface area contributed by atoms with Gasteiger partial charge in [-0.3, -0.25) is 24.0 Å².